The molecule has 0 spiro atoms. The minimum absolute atomic E-state index is 0.0280. The number of benzene rings is 2. The summed E-state index contributed by atoms with van der Waals surface area (Å²) in [6.45, 7) is 1.26. The zero-order valence-corrected chi connectivity index (χ0v) is 20.2. The number of likely N-dealkylation sites (tertiary alicyclic amines) is 1. The number of rotatable bonds is 9. The van der Waals surface area contributed by atoms with Gasteiger partial charge in [0.1, 0.15) is 18.2 Å². The van der Waals surface area contributed by atoms with E-state index in [1.54, 1.807) is 43.2 Å². The molecule has 0 radical (unpaired) electrons. The fraction of sp³-hybridized carbons (Fsp3) is 0.346. The topological polar surface area (TPSA) is 79.7 Å². The number of halogens is 2. The van der Waals surface area contributed by atoms with Crippen molar-refractivity contribution in [1.29, 1.82) is 0 Å². The van der Waals surface area contributed by atoms with Crippen LogP contribution in [-0.2, 0) is 16.1 Å². The maximum absolute atomic E-state index is 14.3. The van der Waals surface area contributed by atoms with Gasteiger partial charge in [-0.2, -0.15) is 5.10 Å². The molecular weight excluding hydrogens is 468 g/mol. The number of nitrogens with one attached hydrogen (secondary N) is 1. The second kappa shape index (κ2) is 11.4. The predicted molar refractivity (Wildman–Crippen MR) is 130 cm³/mol. The lowest BCUT2D eigenvalue weighted by Gasteiger charge is -2.24. The van der Waals surface area contributed by atoms with E-state index in [-0.39, 0.29) is 36.0 Å². The normalized spacial score (nSPS) is 17.8. The van der Waals surface area contributed by atoms with Crippen molar-refractivity contribution < 1.29 is 23.1 Å². The third kappa shape index (κ3) is 6.32. The van der Waals surface area contributed by atoms with Crippen molar-refractivity contribution in [3.8, 4) is 0 Å². The summed E-state index contributed by atoms with van der Waals surface area (Å²) < 4.78 is 35.2. The summed E-state index contributed by atoms with van der Waals surface area (Å²) in [5.41, 5.74) is 1.28. The van der Waals surface area contributed by atoms with Gasteiger partial charge in [-0.05, 0) is 30.7 Å². The van der Waals surface area contributed by atoms with E-state index in [0.29, 0.717) is 37.4 Å². The van der Waals surface area contributed by atoms with Crippen LogP contribution >= 0.6 is 0 Å². The van der Waals surface area contributed by atoms with E-state index in [9.17, 15) is 18.4 Å². The highest BCUT2D eigenvalue weighted by Crippen LogP contribution is 2.30. The third-order valence-electron chi connectivity index (χ3n) is 6.19. The molecule has 8 nitrogen and oxygen atoms in total. The van der Waals surface area contributed by atoms with E-state index in [1.807, 2.05) is 0 Å². The minimum atomic E-state index is -0.486. The molecule has 1 aliphatic heterocycles. The average molecular weight is 498 g/mol. The molecule has 3 aromatic rings. The summed E-state index contributed by atoms with van der Waals surface area (Å²) in [4.78, 5) is 27.9. The Balaban J connectivity index is 1.44. The number of carbonyl (C=O) groups excluding carboxylic acids is 2. The Morgan fingerprint density at radius 2 is 1.97 bits per heavy atom. The van der Waals surface area contributed by atoms with Gasteiger partial charge in [-0.15, -0.1) is 0 Å². The highest BCUT2D eigenvalue weighted by Gasteiger charge is 2.34. The minimum Gasteiger partial charge on any atom is -0.370 e. The number of aromatic nitrogens is 2. The summed E-state index contributed by atoms with van der Waals surface area (Å²) in [6.07, 6.45) is 3.93. The number of nitrogens with zero attached hydrogens (tertiary/aromatic N) is 4. The third-order valence-corrected chi connectivity index (χ3v) is 6.19. The molecule has 190 valence electrons. The molecule has 0 bridgehead atoms. The van der Waals surface area contributed by atoms with Crippen molar-refractivity contribution in [2.75, 3.05) is 39.2 Å². The van der Waals surface area contributed by atoms with Gasteiger partial charge in [0.15, 0.2) is 0 Å². The van der Waals surface area contributed by atoms with Crippen LogP contribution in [0.3, 0.4) is 0 Å². The van der Waals surface area contributed by atoms with Gasteiger partial charge >= 0.3 is 0 Å². The SMILES string of the molecule is CN(C)C(=O)COC[C@@H]1C[C@H](n2cc(NC(=O)c3cccc(F)c3)cn2)CN1Cc1ccccc1F. The Hall–Kier alpha value is -3.63. The van der Waals surface area contributed by atoms with Gasteiger partial charge in [-0.3, -0.25) is 19.2 Å². The number of hydrogen-bond donors (Lipinski definition) is 1. The smallest absolute Gasteiger partial charge is 0.255 e. The lowest BCUT2D eigenvalue weighted by molar-refractivity contribution is -0.134. The van der Waals surface area contributed by atoms with Gasteiger partial charge in [0.25, 0.3) is 5.91 Å². The van der Waals surface area contributed by atoms with E-state index in [0.717, 1.165) is 0 Å². The largest absolute Gasteiger partial charge is 0.370 e. The molecule has 2 aromatic carbocycles. The highest BCUT2D eigenvalue weighted by atomic mass is 19.1. The second-order valence-electron chi connectivity index (χ2n) is 9.04. The van der Waals surface area contributed by atoms with Crippen molar-refractivity contribution in [1.82, 2.24) is 19.6 Å². The summed E-state index contributed by atoms with van der Waals surface area (Å²) in [5.74, 6) is -1.32. The number of ether oxygens (including phenoxy) is 1. The van der Waals surface area contributed by atoms with E-state index < -0.39 is 11.7 Å². The molecular formula is C26H29F2N5O3. The van der Waals surface area contributed by atoms with Gasteiger partial charge < -0.3 is 15.0 Å². The van der Waals surface area contributed by atoms with Crippen LogP contribution in [0.2, 0.25) is 0 Å². The maximum Gasteiger partial charge on any atom is 0.255 e. The van der Waals surface area contributed by atoms with Crippen LogP contribution in [0.15, 0.2) is 60.9 Å². The van der Waals surface area contributed by atoms with E-state index >= 15 is 0 Å². The van der Waals surface area contributed by atoms with Crippen LogP contribution < -0.4 is 5.32 Å². The quantitative estimate of drug-likeness (QED) is 0.491. The van der Waals surface area contributed by atoms with Crippen molar-refractivity contribution in [3.05, 3.63) is 83.7 Å². The fourth-order valence-electron chi connectivity index (χ4n) is 4.21. The lowest BCUT2D eigenvalue weighted by atomic mass is 10.1. The van der Waals surface area contributed by atoms with Crippen LogP contribution in [0.25, 0.3) is 0 Å². The molecule has 1 N–H and O–H groups in total. The number of hydrogen-bond acceptors (Lipinski definition) is 5. The molecule has 2 heterocycles. The Morgan fingerprint density at radius 1 is 1.17 bits per heavy atom. The zero-order valence-electron chi connectivity index (χ0n) is 20.2. The van der Waals surface area contributed by atoms with Gasteiger partial charge in [0, 0.05) is 50.6 Å². The van der Waals surface area contributed by atoms with Crippen LogP contribution in [-0.4, -0.2) is 71.3 Å². The first-order chi connectivity index (χ1) is 17.3. The molecule has 2 atom stereocenters. The van der Waals surface area contributed by atoms with Gasteiger partial charge in [0.05, 0.1) is 24.5 Å². The number of carbonyl (C=O) groups is 2. The average Bonchev–Trinajstić information content (AvgIpc) is 3.47. The van der Waals surface area contributed by atoms with Crippen molar-refractivity contribution in [2.24, 2.45) is 0 Å². The van der Waals surface area contributed by atoms with E-state index in [1.165, 1.54) is 41.4 Å². The molecule has 2 amide bonds. The first-order valence-corrected chi connectivity index (χ1v) is 11.7. The molecule has 0 unspecified atom stereocenters. The van der Waals surface area contributed by atoms with Crippen molar-refractivity contribution >= 4 is 17.5 Å². The standard InChI is InChI=1S/C26H29F2N5O3/c1-31(2)25(34)17-36-16-23-11-22(15-32(23)13-19-6-3-4-9-24(19)28)33-14-21(12-29-33)30-26(35)18-7-5-8-20(27)10-18/h3-10,12,14,22-23H,11,13,15-17H2,1-2H3,(H,30,35)/t22-,23-/m0/s1. The molecule has 1 aliphatic rings. The number of amides is 2. The fourth-order valence-corrected chi connectivity index (χ4v) is 4.21. The Kier molecular flexibility index (Phi) is 8.07. The zero-order chi connectivity index (χ0) is 25.7. The summed E-state index contributed by atoms with van der Waals surface area (Å²) in [6, 6.07) is 12.0. The molecule has 10 heteroatoms. The molecule has 4 rings (SSSR count). The molecule has 1 fully saturated rings. The Morgan fingerprint density at radius 3 is 2.72 bits per heavy atom. The monoisotopic (exact) mass is 497 g/mol. The van der Waals surface area contributed by atoms with Crippen LogP contribution in [0.1, 0.15) is 28.4 Å². The van der Waals surface area contributed by atoms with Gasteiger partial charge in [0.2, 0.25) is 5.91 Å². The molecule has 0 aliphatic carbocycles. The van der Waals surface area contributed by atoms with Crippen LogP contribution in [0, 0.1) is 11.6 Å². The molecule has 0 saturated carbocycles. The molecule has 36 heavy (non-hydrogen) atoms. The molecule has 1 saturated heterocycles. The number of likely N-dealkylation sites (N-methyl/N-ethyl adjacent to an activating group) is 1. The van der Waals surface area contributed by atoms with E-state index in [2.05, 4.69) is 15.3 Å². The van der Waals surface area contributed by atoms with Crippen molar-refractivity contribution in [3.63, 3.8) is 0 Å². The first kappa shape index (κ1) is 25.5. The van der Waals surface area contributed by atoms with Crippen LogP contribution in [0.5, 0.6) is 0 Å². The van der Waals surface area contributed by atoms with E-state index in [4.69, 9.17) is 4.74 Å². The molecule has 1 aromatic heterocycles. The Labute approximate surface area is 208 Å². The summed E-state index contributed by atoms with van der Waals surface area (Å²) >= 11 is 0. The van der Waals surface area contributed by atoms with Crippen LogP contribution in [0.4, 0.5) is 14.5 Å². The summed E-state index contributed by atoms with van der Waals surface area (Å²) in [5, 5.41) is 7.15. The first-order valence-electron chi connectivity index (χ1n) is 11.7. The van der Waals surface area contributed by atoms with Gasteiger partial charge in [-0.1, -0.05) is 24.3 Å². The number of anilines is 1. The Bertz CT molecular complexity index is 1220. The second-order valence-corrected chi connectivity index (χ2v) is 9.04. The van der Waals surface area contributed by atoms with Gasteiger partial charge in [-0.25, -0.2) is 8.78 Å². The summed E-state index contributed by atoms with van der Waals surface area (Å²) in [7, 11) is 3.34. The lowest BCUT2D eigenvalue weighted by Crippen LogP contribution is -2.35. The predicted octanol–water partition coefficient (Wildman–Crippen LogP) is 3.33. The maximum atomic E-state index is 14.3. The van der Waals surface area contributed by atoms with Crippen molar-refractivity contribution in [2.45, 2.75) is 25.0 Å². The highest BCUT2D eigenvalue weighted by molar-refractivity contribution is 6.04.